The number of amides is 1. The van der Waals surface area contributed by atoms with Crippen LogP contribution in [0, 0.1) is 10.1 Å². The zero-order valence-electron chi connectivity index (χ0n) is 14.0. The van der Waals surface area contributed by atoms with Gasteiger partial charge in [0.15, 0.2) is 12.3 Å². The number of H-pyrrole nitrogens is 1. The van der Waals surface area contributed by atoms with Crippen LogP contribution < -0.4 is 10.9 Å². The van der Waals surface area contributed by atoms with Gasteiger partial charge in [-0.2, -0.15) is 5.10 Å². The van der Waals surface area contributed by atoms with Gasteiger partial charge in [0.2, 0.25) is 0 Å². The van der Waals surface area contributed by atoms with Crippen molar-refractivity contribution in [2.24, 2.45) is 0 Å². The second-order valence-corrected chi connectivity index (χ2v) is 5.93. The molecule has 1 aromatic heterocycles. The SMILES string of the molecule is O=C(COC(=O)c1n[nH]c(=O)c2ccccc12)Nc1ccc(Cl)cc1[N+](=O)[O-]. The third-order valence-electron chi connectivity index (χ3n) is 3.65. The van der Waals surface area contributed by atoms with Gasteiger partial charge in [0.05, 0.1) is 10.3 Å². The molecule has 0 aliphatic heterocycles. The molecule has 3 aromatic rings. The van der Waals surface area contributed by atoms with Gasteiger partial charge >= 0.3 is 5.97 Å². The molecule has 142 valence electrons. The third-order valence-corrected chi connectivity index (χ3v) is 3.89. The first-order chi connectivity index (χ1) is 13.4. The van der Waals surface area contributed by atoms with Crippen LogP contribution in [-0.4, -0.2) is 33.6 Å². The summed E-state index contributed by atoms with van der Waals surface area (Å²) in [6.45, 7) is -0.715. The van der Waals surface area contributed by atoms with Crippen LogP contribution in [-0.2, 0) is 9.53 Å². The van der Waals surface area contributed by atoms with Crippen molar-refractivity contribution in [2.75, 3.05) is 11.9 Å². The van der Waals surface area contributed by atoms with Crippen LogP contribution in [0.5, 0.6) is 0 Å². The molecule has 0 atom stereocenters. The van der Waals surface area contributed by atoms with E-state index >= 15 is 0 Å². The molecule has 1 amide bonds. The maximum atomic E-state index is 12.2. The number of esters is 1. The van der Waals surface area contributed by atoms with Crippen LogP contribution in [0.3, 0.4) is 0 Å². The number of hydrogen-bond donors (Lipinski definition) is 2. The Balaban J connectivity index is 1.72. The van der Waals surface area contributed by atoms with Gasteiger partial charge in [0, 0.05) is 16.5 Å². The number of anilines is 1. The van der Waals surface area contributed by atoms with Gasteiger partial charge in [-0.25, -0.2) is 9.89 Å². The van der Waals surface area contributed by atoms with Crippen LogP contribution in [0.4, 0.5) is 11.4 Å². The number of hydrogen-bond acceptors (Lipinski definition) is 7. The molecule has 0 radical (unpaired) electrons. The minimum atomic E-state index is -0.937. The number of halogens is 1. The maximum Gasteiger partial charge on any atom is 0.359 e. The highest BCUT2D eigenvalue weighted by atomic mass is 35.5. The molecule has 1 heterocycles. The van der Waals surface area contributed by atoms with Gasteiger partial charge < -0.3 is 10.1 Å². The average molecular weight is 403 g/mol. The highest BCUT2D eigenvalue weighted by Crippen LogP contribution is 2.27. The Morgan fingerprint density at radius 3 is 2.64 bits per heavy atom. The van der Waals surface area contributed by atoms with Gasteiger partial charge in [-0.3, -0.25) is 19.7 Å². The summed E-state index contributed by atoms with van der Waals surface area (Å²) in [6.07, 6.45) is 0. The molecule has 11 heteroatoms. The number of carbonyl (C=O) groups excluding carboxylic acids is 2. The molecule has 0 aliphatic rings. The van der Waals surface area contributed by atoms with Crippen LogP contribution in [0.1, 0.15) is 10.5 Å². The summed E-state index contributed by atoms with van der Waals surface area (Å²) in [6, 6.07) is 9.99. The summed E-state index contributed by atoms with van der Waals surface area (Å²) in [5.41, 5.74) is -1.14. The number of aromatic amines is 1. The highest BCUT2D eigenvalue weighted by molar-refractivity contribution is 6.31. The van der Waals surface area contributed by atoms with Crippen molar-refractivity contribution in [3.63, 3.8) is 0 Å². The van der Waals surface area contributed by atoms with E-state index in [4.69, 9.17) is 16.3 Å². The van der Waals surface area contributed by atoms with E-state index in [1.165, 1.54) is 24.3 Å². The Hall–Kier alpha value is -3.79. The quantitative estimate of drug-likeness (QED) is 0.378. The van der Waals surface area contributed by atoms with Crippen LogP contribution in [0.2, 0.25) is 5.02 Å². The molecule has 0 unspecified atom stereocenters. The fraction of sp³-hybridized carbons (Fsp3) is 0.0588. The van der Waals surface area contributed by atoms with E-state index in [1.54, 1.807) is 12.1 Å². The number of benzene rings is 2. The number of nitrogens with zero attached hydrogens (tertiary/aromatic N) is 2. The lowest BCUT2D eigenvalue weighted by Crippen LogP contribution is -2.23. The Morgan fingerprint density at radius 1 is 1.21 bits per heavy atom. The van der Waals surface area contributed by atoms with E-state index in [1.807, 2.05) is 0 Å². The molecule has 0 spiro atoms. The molecule has 2 aromatic carbocycles. The number of nitro benzene ring substituents is 1. The van der Waals surface area contributed by atoms with Crippen molar-refractivity contribution < 1.29 is 19.2 Å². The minimum Gasteiger partial charge on any atom is -0.451 e. The predicted molar refractivity (Wildman–Crippen MR) is 99.4 cm³/mol. The topological polar surface area (TPSA) is 144 Å². The average Bonchev–Trinajstić information content (AvgIpc) is 2.68. The lowest BCUT2D eigenvalue weighted by Gasteiger charge is -2.08. The zero-order valence-corrected chi connectivity index (χ0v) is 14.7. The smallest absolute Gasteiger partial charge is 0.359 e. The summed E-state index contributed by atoms with van der Waals surface area (Å²) in [5.74, 6) is -1.74. The molecule has 2 N–H and O–H groups in total. The van der Waals surface area contributed by atoms with Gasteiger partial charge in [0.25, 0.3) is 17.2 Å². The van der Waals surface area contributed by atoms with Gasteiger partial charge in [-0.15, -0.1) is 0 Å². The van der Waals surface area contributed by atoms with Crippen molar-refractivity contribution in [3.05, 3.63) is 73.6 Å². The van der Waals surface area contributed by atoms with E-state index in [0.29, 0.717) is 0 Å². The molecule has 10 nitrogen and oxygen atoms in total. The second kappa shape index (κ2) is 7.84. The number of fused-ring (bicyclic) bond motifs is 1. The first kappa shape index (κ1) is 19.0. The Kier molecular flexibility index (Phi) is 5.32. The van der Waals surface area contributed by atoms with Crippen molar-refractivity contribution in [1.29, 1.82) is 0 Å². The summed E-state index contributed by atoms with van der Waals surface area (Å²) >= 11 is 5.71. The van der Waals surface area contributed by atoms with Crippen LogP contribution in [0.15, 0.2) is 47.3 Å². The monoisotopic (exact) mass is 402 g/mol. The van der Waals surface area contributed by atoms with Crippen LogP contribution in [0.25, 0.3) is 10.8 Å². The van der Waals surface area contributed by atoms with Gasteiger partial charge in [-0.1, -0.05) is 29.8 Å². The first-order valence-electron chi connectivity index (χ1n) is 7.75. The van der Waals surface area contributed by atoms with E-state index < -0.39 is 34.7 Å². The molecular weight excluding hydrogens is 392 g/mol. The molecular formula is C17H11ClN4O6. The maximum absolute atomic E-state index is 12.2. The molecule has 0 aliphatic carbocycles. The van der Waals surface area contributed by atoms with Gasteiger partial charge in [0.1, 0.15) is 5.69 Å². The number of carbonyl (C=O) groups is 2. The molecule has 0 bridgehead atoms. The number of nitrogens with one attached hydrogen (secondary N) is 2. The first-order valence-corrected chi connectivity index (χ1v) is 8.13. The Morgan fingerprint density at radius 2 is 1.93 bits per heavy atom. The number of ether oxygens (including phenoxy) is 1. The van der Waals surface area contributed by atoms with Crippen molar-refractivity contribution in [3.8, 4) is 0 Å². The fourth-order valence-electron chi connectivity index (χ4n) is 2.42. The Labute approximate surface area is 161 Å². The predicted octanol–water partition coefficient (Wildman–Crippen LogP) is 2.28. The lowest BCUT2D eigenvalue weighted by atomic mass is 10.1. The number of nitro groups is 1. The van der Waals surface area contributed by atoms with E-state index in [-0.39, 0.29) is 27.2 Å². The summed E-state index contributed by atoms with van der Waals surface area (Å²) < 4.78 is 4.90. The third kappa shape index (κ3) is 3.96. The zero-order chi connectivity index (χ0) is 20.3. The summed E-state index contributed by atoms with van der Waals surface area (Å²) in [4.78, 5) is 46.3. The Bertz CT molecular complexity index is 1160. The largest absolute Gasteiger partial charge is 0.451 e. The van der Waals surface area contributed by atoms with Crippen LogP contribution >= 0.6 is 11.6 Å². The number of aromatic nitrogens is 2. The highest BCUT2D eigenvalue weighted by Gasteiger charge is 2.19. The summed E-state index contributed by atoms with van der Waals surface area (Å²) in [5, 5.41) is 19.8. The normalized spacial score (nSPS) is 10.5. The minimum absolute atomic E-state index is 0.0944. The molecule has 28 heavy (non-hydrogen) atoms. The summed E-state index contributed by atoms with van der Waals surface area (Å²) in [7, 11) is 0. The number of rotatable bonds is 5. The molecule has 0 fully saturated rings. The second-order valence-electron chi connectivity index (χ2n) is 5.49. The van der Waals surface area contributed by atoms with Gasteiger partial charge in [-0.05, 0) is 18.2 Å². The van der Waals surface area contributed by atoms with E-state index in [2.05, 4.69) is 15.5 Å². The van der Waals surface area contributed by atoms with Crippen molar-refractivity contribution >= 4 is 45.6 Å². The molecule has 0 saturated heterocycles. The molecule has 3 rings (SSSR count). The fourth-order valence-corrected chi connectivity index (χ4v) is 2.58. The standard InChI is InChI=1S/C17H11ClN4O6/c18-9-5-6-12(13(7-9)22(26)27)19-14(23)8-28-17(25)15-10-3-1-2-4-11(10)16(24)21-20-15/h1-7H,8H2,(H,19,23)(H,21,24). The van der Waals surface area contributed by atoms with E-state index in [0.717, 1.165) is 6.07 Å². The lowest BCUT2D eigenvalue weighted by molar-refractivity contribution is -0.383. The van der Waals surface area contributed by atoms with Crippen molar-refractivity contribution in [1.82, 2.24) is 10.2 Å². The van der Waals surface area contributed by atoms with E-state index in [9.17, 15) is 24.5 Å². The van der Waals surface area contributed by atoms with Crippen molar-refractivity contribution in [2.45, 2.75) is 0 Å². The molecule has 0 saturated carbocycles.